The van der Waals surface area contributed by atoms with Gasteiger partial charge in [0, 0.05) is 24.1 Å². The lowest BCUT2D eigenvalue weighted by Crippen LogP contribution is -2.39. The Morgan fingerprint density at radius 1 is 1.17 bits per heavy atom. The first kappa shape index (κ1) is 22.7. The molecular weight excluding hydrogens is 473 g/mol. The van der Waals surface area contributed by atoms with Gasteiger partial charge in [-0.25, -0.2) is 17.6 Å². The third-order valence-corrected chi connectivity index (χ3v) is 7.66. The standard InChI is InChI=1S/C21H25BrFN3O3S/c1-15-2-5-18(6-3-15)30(28,29)26-12-9-16(10-13-26)8-11-24-21(27)25-20-7-4-17(22)14-19(20)23/h2-7,14,16H,8-13H2,1H3,(H2,24,25,27). The van der Waals surface area contributed by atoms with Gasteiger partial charge in [0.1, 0.15) is 5.82 Å². The van der Waals surface area contributed by atoms with E-state index in [0.29, 0.717) is 34.9 Å². The summed E-state index contributed by atoms with van der Waals surface area (Å²) in [6.07, 6.45) is 2.24. The van der Waals surface area contributed by atoms with Crippen molar-refractivity contribution in [3.05, 3.63) is 58.3 Å². The lowest BCUT2D eigenvalue weighted by molar-refractivity contribution is 0.245. The molecule has 2 aromatic carbocycles. The number of urea groups is 1. The first-order valence-electron chi connectivity index (χ1n) is 9.82. The summed E-state index contributed by atoms with van der Waals surface area (Å²) in [6.45, 7) is 3.30. The van der Waals surface area contributed by atoms with Crippen molar-refractivity contribution < 1.29 is 17.6 Å². The van der Waals surface area contributed by atoms with E-state index in [9.17, 15) is 17.6 Å². The summed E-state index contributed by atoms with van der Waals surface area (Å²) in [7, 11) is -3.46. The van der Waals surface area contributed by atoms with Crippen LogP contribution in [0.2, 0.25) is 0 Å². The predicted molar refractivity (Wildman–Crippen MR) is 118 cm³/mol. The van der Waals surface area contributed by atoms with Crippen LogP contribution in [0, 0.1) is 18.7 Å². The second kappa shape index (κ2) is 9.89. The van der Waals surface area contributed by atoms with Gasteiger partial charge in [0.05, 0.1) is 10.6 Å². The Balaban J connectivity index is 1.42. The van der Waals surface area contributed by atoms with E-state index in [0.717, 1.165) is 24.8 Å². The van der Waals surface area contributed by atoms with Crippen LogP contribution in [0.3, 0.4) is 0 Å². The van der Waals surface area contributed by atoms with Crippen molar-refractivity contribution in [3.63, 3.8) is 0 Å². The van der Waals surface area contributed by atoms with E-state index in [1.807, 2.05) is 6.92 Å². The van der Waals surface area contributed by atoms with E-state index in [-0.39, 0.29) is 5.69 Å². The topological polar surface area (TPSA) is 78.5 Å². The number of hydrogen-bond acceptors (Lipinski definition) is 3. The molecule has 2 N–H and O–H groups in total. The number of amides is 2. The van der Waals surface area contributed by atoms with Gasteiger partial charge in [-0.1, -0.05) is 33.6 Å². The zero-order valence-electron chi connectivity index (χ0n) is 16.7. The molecule has 0 saturated carbocycles. The summed E-state index contributed by atoms with van der Waals surface area (Å²) < 4.78 is 41.4. The molecule has 1 fully saturated rings. The third kappa shape index (κ3) is 5.80. The maximum Gasteiger partial charge on any atom is 0.319 e. The highest BCUT2D eigenvalue weighted by molar-refractivity contribution is 9.10. The number of rotatable bonds is 6. The molecule has 162 valence electrons. The Bertz CT molecular complexity index is 991. The third-order valence-electron chi connectivity index (χ3n) is 5.25. The predicted octanol–water partition coefficient (Wildman–Crippen LogP) is 4.51. The molecule has 1 aliphatic rings. The fourth-order valence-corrected chi connectivity index (χ4v) is 5.25. The van der Waals surface area contributed by atoms with Gasteiger partial charge in [0.2, 0.25) is 10.0 Å². The maximum atomic E-state index is 13.8. The average molecular weight is 498 g/mol. The quantitative estimate of drug-likeness (QED) is 0.616. The summed E-state index contributed by atoms with van der Waals surface area (Å²) in [5.41, 5.74) is 1.14. The minimum Gasteiger partial charge on any atom is -0.338 e. The number of halogens is 2. The highest BCUT2D eigenvalue weighted by Gasteiger charge is 2.29. The zero-order chi connectivity index (χ0) is 21.7. The van der Waals surface area contributed by atoms with Gasteiger partial charge in [-0.05, 0) is 62.4 Å². The zero-order valence-corrected chi connectivity index (χ0v) is 19.1. The van der Waals surface area contributed by atoms with E-state index in [1.165, 1.54) is 16.4 Å². The number of anilines is 1. The molecule has 0 aliphatic carbocycles. The average Bonchev–Trinajstić information content (AvgIpc) is 2.71. The van der Waals surface area contributed by atoms with Crippen LogP contribution in [-0.4, -0.2) is 38.4 Å². The summed E-state index contributed by atoms with van der Waals surface area (Å²) in [5, 5.41) is 5.22. The number of carbonyl (C=O) groups excluding carboxylic acids is 1. The molecule has 0 aromatic heterocycles. The highest BCUT2D eigenvalue weighted by Crippen LogP contribution is 2.25. The monoisotopic (exact) mass is 497 g/mol. The SMILES string of the molecule is Cc1ccc(S(=O)(=O)N2CCC(CCNC(=O)Nc3ccc(Br)cc3F)CC2)cc1. The van der Waals surface area contributed by atoms with Gasteiger partial charge >= 0.3 is 6.03 Å². The Morgan fingerprint density at radius 3 is 2.47 bits per heavy atom. The molecule has 3 rings (SSSR count). The fraction of sp³-hybridized carbons (Fsp3) is 0.381. The second-order valence-corrected chi connectivity index (χ2v) is 10.3. The smallest absolute Gasteiger partial charge is 0.319 e. The molecular formula is C21H25BrFN3O3S. The minimum absolute atomic E-state index is 0.116. The lowest BCUT2D eigenvalue weighted by Gasteiger charge is -2.31. The van der Waals surface area contributed by atoms with Crippen molar-refractivity contribution >= 4 is 37.7 Å². The van der Waals surface area contributed by atoms with Crippen molar-refractivity contribution in [2.45, 2.75) is 31.1 Å². The van der Waals surface area contributed by atoms with E-state index >= 15 is 0 Å². The molecule has 9 heteroatoms. The van der Waals surface area contributed by atoms with Crippen molar-refractivity contribution in [2.24, 2.45) is 5.92 Å². The Labute approximate surface area is 185 Å². The molecule has 0 bridgehead atoms. The minimum atomic E-state index is -3.46. The van der Waals surface area contributed by atoms with Gasteiger partial charge in [-0.3, -0.25) is 0 Å². The van der Waals surface area contributed by atoms with Gasteiger partial charge in [0.25, 0.3) is 0 Å². The maximum absolute atomic E-state index is 13.8. The molecule has 6 nitrogen and oxygen atoms in total. The first-order chi connectivity index (χ1) is 14.3. The lowest BCUT2D eigenvalue weighted by atomic mass is 9.95. The molecule has 1 heterocycles. The van der Waals surface area contributed by atoms with Crippen LogP contribution < -0.4 is 10.6 Å². The molecule has 2 amide bonds. The van der Waals surface area contributed by atoms with Crippen LogP contribution in [0.4, 0.5) is 14.9 Å². The van der Waals surface area contributed by atoms with E-state index < -0.39 is 21.9 Å². The van der Waals surface area contributed by atoms with Crippen molar-refractivity contribution in [1.29, 1.82) is 0 Å². The van der Waals surface area contributed by atoms with E-state index in [4.69, 9.17) is 0 Å². The fourth-order valence-electron chi connectivity index (χ4n) is 3.44. The molecule has 30 heavy (non-hydrogen) atoms. The highest BCUT2D eigenvalue weighted by atomic mass is 79.9. The van der Waals surface area contributed by atoms with Crippen LogP contribution in [0.5, 0.6) is 0 Å². The summed E-state index contributed by atoms with van der Waals surface area (Å²) in [4.78, 5) is 12.3. The molecule has 0 spiro atoms. The number of nitrogens with one attached hydrogen (secondary N) is 2. The number of sulfonamides is 1. The van der Waals surface area contributed by atoms with Crippen LogP contribution in [0.1, 0.15) is 24.8 Å². The second-order valence-electron chi connectivity index (χ2n) is 7.45. The Hall–Kier alpha value is -1.97. The molecule has 0 unspecified atom stereocenters. The first-order valence-corrected chi connectivity index (χ1v) is 12.1. The number of hydrogen-bond donors (Lipinski definition) is 2. The summed E-state index contributed by atoms with van der Waals surface area (Å²) >= 11 is 3.17. The number of nitrogens with zero attached hydrogens (tertiary/aromatic N) is 1. The number of benzene rings is 2. The van der Waals surface area contributed by atoms with Crippen LogP contribution in [0.15, 0.2) is 51.8 Å². The van der Waals surface area contributed by atoms with Crippen molar-refractivity contribution in [3.8, 4) is 0 Å². The van der Waals surface area contributed by atoms with Crippen molar-refractivity contribution in [2.75, 3.05) is 25.0 Å². The van der Waals surface area contributed by atoms with Crippen LogP contribution in [-0.2, 0) is 10.0 Å². The van der Waals surface area contributed by atoms with Gasteiger partial charge in [-0.15, -0.1) is 0 Å². The molecule has 1 aliphatic heterocycles. The number of piperidine rings is 1. The number of carbonyl (C=O) groups is 1. The number of aryl methyl sites for hydroxylation is 1. The Kier molecular flexibility index (Phi) is 7.49. The van der Waals surface area contributed by atoms with Gasteiger partial charge < -0.3 is 10.6 Å². The Morgan fingerprint density at radius 2 is 1.83 bits per heavy atom. The molecule has 2 aromatic rings. The molecule has 1 saturated heterocycles. The van der Waals surface area contributed by atoms with E-state index in [1.54, 1.807) is 30.3 Å². The molecule has 0 atom stereocenters. The largest absolute Gasteiger partial charge is 0.338 e. The van der Waals surface area contributed by atoms with Crippen LogP contribution >= 0.6 is 15.9 Å². The van der Waals surface area contributed by atoms with Gasteiger partial charge in [0.15, 0.2) is 0 Å². The molecule has 0 radical (unpaired) electrons. The van der Waals surface area contributed by atoms with Crippen molar-refractivity contribution in [1.82, 2.24) is 9.62 Å². The summed E-state index contributed by atoms with van der Waals surface area (Å²) in [5.74, 6) is -0.180. The normalized spacial score (nSPS) is 15.7. The summed E-state index contributed by atoms with van der Waals surface area (Å²) in [6, 6.07) is 10.9. The van der Waals surface area contributed by atoms with Crippen LogP contribution in [0.25, 0.3) is 0 Å². The van der Waals surface area contributed by atoms with Gasteiger partial charge in [-0.2, -0.15) is 4.31 Å². The van der Waals surface area contributed by atoms with E-state index in [2.05, 4.69) is 26.6 Å².